The van der Waals surface area contributed by atoms with E-state index >= 15 is 0 Å². The van der Waals surface area contributed by atoms with Gasteiger partial charge in [0.2, 0.25) is 5.91 Å². The van der Waals surface area contributed by atoms with Gasteiger partial charge >= 0.3 is 0 Å². The van der Waals surface area contributed by atoms with Crippen molar-refractivity contribution in [1.82, 2.24) is 9.80 Å². The molecule has 0 N–H and O–H groups in total. The zero-order valence-electron chi connectivity index (χ0n) is 16.7. The average Bonchev–Trinajstić information content (AvgIpc) is 3.45. The summed E-state index contributed by atoms with van der Waals surface area (Å²) in [6, 6.07) is 14.5. The third kappa shape index (κ3) is 4.21. The minimum Gasteiger partial charge on any atom is -0.467 e. The van der Waals surface area contributed by atoms with E-state index in [2.05, 4.69) is 0 Å². The standard InChI is InChI=1S/C23H22N2O4S/c1-16-10-11-18(30-16)15-24(14-17-6-5-13-29-17)21(26)9-4-12-25-22(27)19-7-2-3-8-20(19)23(25)28/h2-3,5-8,10-11,13H,4,9,12,14-15H2,1H3. The molecule has 3 heterocycles. The maximum atomic E-state index is 12.9. The lowest BCUT2D eigenvalue weighted by atomic mass is 10.1. The van der Waals surface area contributed by atoms with E-state index < -0.39 is 0 Å². The number of hydrogen-bond donors (Lipinski definition) is 0. The molecule has 4 rings (SSSR count). The van der Waals surface area contributed by atoms with Gasteiger partial charge in [0.05, 0.1) is 30.5 Å². The van der Waals surface area contributed by atoms with Crippen molar-refractivity contribution in [2.45, 2.75) is 32.9 Å². The van der Waals surface area contributed by atoms with Crippen LogP contribution >= 0.6 is 11.3 Å². The van der Waals surface area contributed by atoms with Crippen LogP contribution in [0.15, 0.2) is 59.2 Å². The SMILES string of the molecule is Cc1ccc(CN(Cc2ccco2)C(=O)CCCN2C(=O)c3ccccc3C2=O)s1. The first-order chi connectivity index (χ1) is 14.5. The zero-order chi connectivity index (χ0) is 21.1. The number of hydrogen-bond acceptors (Lipinski definition) is 5. The molecule has 0 atom stereocenters. The zero-order valence-corrected chi connectivity index (χ0v) is 17.5. The van der Waals surface area contributed by atoms with Crippen LogP contribution in [0.5, 0.6) is 0 Å². The monoisotopic (exact) mass is 422 g/mol. The number of aryl methyl sites for hydroxylation is 1. The summed E-state index contributed by atoms with van der Waals surface area (Å²) in [6.45, 7) is 3.15. The Morgan fingerprint density at radius 3 is 2.33 bits per heavy atom. The van der Waals surface area contributed by atoms with Crippen molar-refractivity contribution < 1.29 is 18.8 Å². The van der Waals surface area contributed by atoms with E-state index in [0.29, 0.717) is 30.6 Å². The highest BCUT2D eigenvalue weighted by atomic mass is 32.1. The van der Waals surface area contributed by atoms with Gasteiger partial charge in [0.1, 0.15) is 5.76 Å². The fourth-order valence-corrected chi connectivity index (χ4v) is 4.48. The highest BCUT2D eigenvalue weighted by molar-refractivity contribution is 7.11. The van der Waals surface area contributed by atoms with Crippen LogP contribution < -0.4 is 0 Å². The lowest BCUT2D eigenvalue weighted by Gasteiger charge is -2.22. The molecular formula is C23H22N2O4S. The van der Waals surface area contributed by atoms with E-state index in [4.69, 9.17) is 4.42 Å². The van der Waals surface area contributed by atoms with Gasteiger partial charge in [-0.3, -0.25) is 19.3 Å². The molecule has 0 aliphatic carbocycles. The summed E-state index contributed by atoms with van der Waals surface area (Å²) in [4.78, 5) is 43.2. The topological polar surface area (TPSA) is 70.8 Å². The first kappa shape index (κ1) is 20.1. The molecule has 30 heavy (non-hydrogen) atoms. The van der Waals surface area contributed by atoms with Gasteiger partial charge < -0.3 is 9.32 Å². The van der Waals surface area contributed by atoms with E-state index in [1.165, 1.54) is 9.78 Å². The molecule has 6 nitrogen and oxygen atoms in total. The van der Waals surface area contributed by atoms with Crippen LogP contribution in [0.3, 0.4) is 0 Å². The minimum absolute atomic E-state index is 0.0333. The summed E-state index contributed by atoms with van der Waals surface area (Å²) in [5, 5.41) is 0. The first-order valence-corrected chi connectivity index (χ1v) is 10.7. The molecule has 0 fully saturated rings. The van der Waals surface area contributed by atoms with E-state index in [1.54, 1.807) is 52.8 Å². The quantitative estimate of drug-likeness (QED) is 0.509. The number of rotatable bonds is 8. The maximum absolute atomic E-state index is 12.9. The van der Waals surface area contributed by atoms with E-state index in [0.717, 1.165) is 10.6 Å². The number of carbonyl (C=O) groups excluding carboxylic acids is 3. The number of fused-ring (bicyclic) bond motifs is 1. The predicted molar refractivity (Wildman–Crippen MR) is 113 cm³/mol. The van der Waals surface area contributed by atoms with Crippen LogP contribution in [-0.2, 0) is 17.9 Å². The van der Waals surface area contributed by atoms with Crippen molar-refractivity contribution in [3.63, 3.8) is 0 Å². The molecule has 1 aliphatic rings. The number of benzene rings is 1. The van der Waals surface area contributed by atoms with Crippen molar-refractivity contribution in [2.75, 3.05) is 6.54 Å². The second-order valence-corrected chi connectivity index (χ2v) is 8.63. The van der Waals surface area contributed by atoms with E-state index in [1.807, 2.05) is 25.1 Å². The molecule has 0 spiro atoms. The van der Waals surface area contributed by atoms with Gasteiger partial charge in [0.25, 0.3) is 11.8 Å². The van der Waals surface area contributed by atoms with Crippen molar-refractivity contribution in [3.8, 4) is 0 Å². The number of carbonyl (C=O) groups is 3. The lowest BCUT2D eigenvalue weighted by molar-refractivity contribution is -0.132. The summed E-state index contributed by atoms with van der Waals surface area (Å²) in [5.74, 6) is 0.111. The molecule has 154 valence electrons. The maximum Gasteiger partial charge on any atom is 0.261 e. The van der Waals surface area contributed by atoms with Gasteiger partial charge in [-0.1, -0.05) is 12.1 Å². The van der Waals surface area contributed by atoms with Gasteiger partial charge in [-0.15, -0.1) is 11.3 Å². The number of imide groups is 1. The smallest absolute Gasteiger partial charge is 0.261 e. The molecule has 7 heteroatoms. The fourth-order valence-electron chi connectivity index (χ4n) is 3.57. The van der Waals surface area contributed by atoms with E-state index in [-0.39, 0.29) is 30.7 Å². The van der Waals surface area contributed by atoms with Crippen LogP contribution in [0.2, 0.25) is 0 Å². The Morgan fingerprint density at radius 2 is 1.73 bits per heavy atom. The molecule has 3 aromatic rings. The molecule has 0 saturated heterocycles. The lowest BCUT2D eigenvalue weighted by Crippen LogP contribution is -2.33. The second kappa shape index (κ2) is 8.67. The average molecular weight is 423 g/mol. The Balaban J connectivity index is 1.38. The van der Waals surface area contributed by atoms with Crippen molar-refractivity contribution in [3.05, 3.63) is 81.4 Å². The fraction of sp³-hybridized carbons (Fsp3) is 0.261. The predicted octanol–water partition coefficient (Wildman–Crippen LogP) is 4.25. The van der Waals surface area contributed by atoms with Gasteiger partial charge in [-0.05, 0) is 49.7 Å². The Morgan fingerprint density at radius 1 is 1.00 bits per heavy atom. The summed E-state index contributed by atoms with van der Waals surface area (Å²) in [5.41, 5.74) is 0.864. The number of nitrogens with zero attached hydrogens (tertiary/aromatic N) is 2. The van der Waals surface area contributed by atoms with Crippen molar-refractivity contribution in [2.24, 2.45) is 0 Å². The Labute approximate surface area is 178 Å². The highest BCUT2D eigenvalue weighted by Gasteiger charge is 2.34. The molecule has 0 unspecified atom stereocenters. The Hall–Kier alpha value is -3.19. The van der Waals surface area contributed by atoms with Gasteiger partial charge in [-0.2, -0.15) is 0 Å². The Bertz CT molecular complexity index is 1040. The number of furan rings is 1. The molecule has 3 amide bonds. The van der Waals surface area contributed by atoms with Crippen LogP contribution in [-0.4, -0.2) is 34.1 Å². The third-order valence-corrected chi connectivity index (χ3v) is 6.06. The van der Waals surface area contributed by atoms with Crippen molar-refractivity contribution in [1.29, 1.82) is 0 Å². The van der Waals surface area contributed by atoms with Crippen LogP contribution in [0.1, 0.15) is 49.1 Å². The first-order valence-electron chi connectivity index (χ1n) is 9.83. The van der Waals surface area contributed by atoms with E-state index in [9.17, 15) is 14.4 Å². The summed E-state index contributed by atoms with van der Waals surface area (Å²) in [6.07, 6.45) is 2.26. The minimum atomic E-state index is -0.287. The largest absolute Gasteiger partial charge is 0.467 e. The molecule has 1 aliphatic heterocycles. The number of amides is 3. The second-order valence-electron chi connectivity index (χ2n) is 7.25. The van der Waals surface area contributed by atoms with Gasteiger partial charge in [0, 0.05) is 22.7 Å². The molecule has 0 bridgehead atoms. The summed E-state index contributed by atoms with van der Waals surface area (Å²) in [7, 11) is 0. The summed E-state index contributed by atoms with van der Waals surface area (Å²) >= 11 is 1.66. The third-order valence-electron chi connectivity index (χ3n) is 5.07. The van der Waals surface area contributed by atoms with Crippen LogP contribution in [0.25, 0.3) is 0 Å². The van der Waals surface area contributed by atoms with Gasteiger partial charge in [0.15, 0.2) is 0 Å². The molecule has 2 aromatic heterocycles. The Kier molecular flexibility index (Phi) is 5.81. The van der Waals surface area contributed by atoms with Crippen LogP contribution in [0, 0.1) is 6.92 Å². The van der Waals surface area contributed by atoms with Crippen LogP contribution in [0.4, 0.5) is 0 Å². The molecule has 0 radical (unpaired) electrons. The van der Waals surface area contributed by atoms with Gasteiger partial charge in [-0.25, -0.2) is 0 Å². The number of thiophene rings is 1. The molecular weight excluding hydrogens is 400 g/mol. The van der Waals surface area contributed by atoms with Crippen molar-refractivity contribution >= 4 is 29.1 Å². The molecule has 0 saturated carbocycles. The summed E-state index contributed by atoms with van der Waals surface area (Å²) < 4.78 is 5.42. The highest BCUT2D eigenvalue weighted by Crippen LogP contribution is 2.23. The normalized spacial score (nSPS) is 13.0. The molecule has 1 aromatic carbocycles.